The molecule has 0 unspecified atom stereocenters. The van der Waals surface area contributed by atoms with E-state index < -0.39 is 23.3 Å². The lowest BCUT2D eigenvalue weighted by molar-refractivity contribution is 0.0524. The molecule has 2 saturated carbocycles. The molecule has 7 heteroatoms. The van der Waals surface area contributed by atoms with Gasteiger partial charge in [0.25, 0.3) is 0 Å². The molecule has 2 aromatic rings. The highest BCUT2D eigenvalue weighted by atomic mass is 19.1. The molecule has 2 heterocycles. The zero-order valence-corrected chi connectivity index (χ0v) is 13.9. The van der Waals surface area contributed by atoms with Crippen molar-refractivity contribution in [1.82, 2.24) is 9.55 Å². The molecule has 0 bridgehead atoms. The standard InChI is InChI=1S/C18H19FN2O4/c1-2-25-18(24)13-8-21(10-3-4-10)17-12(16(13)23)7-14(19)15(20-17)9-5-11(22)6-9/h7-11,22H,2-6H2,1H3. The largest absolute Gasteiger partial charge is 0.462 e. The van der Waals surface area contributed by atoms with Gasteiger partial charge in [0.15, 0.2) is 0 Å². The van der Waals surface area contributed by atoms with E-state index in [2.05, 4.69) is 4.98 Å². The molecule has 0 aromatic carbocycles. The van der Waals surface area contributed by atoms with Gasteiger partial charge in [-0.25, -0.2) is 14.2 Å². The molecule has 2 aliphatic rings. The van der Waals surface area contributed by atoms with Crippen molar-refractivity contribution in [3.63, 3.8) is 0 Å². The summed E-state index contributed by atoms with van der Waals surface area (Å²) in [5.41, 5.74) is 0.0417. The third kappa shape index (κ3) is 2.72. The number of fused-ring (bicyclic) bond motifs is 1. The van der Waals surface area contributed by atoms with Gasteiger partial charge in [0, 0.05) is 18.2 Å². The maximum absolute atomic E-state index is 14.5. The average Bonchev–Trinajstić information content (AvgIpc) is 3.37. The van der Waals surface area contributed by atoms with Crippen LogP contribution in [0.25, 0.3) is 11.0 Å². The normalized spacial score (nSPS) is 22.7. The Morgan fingerprint density at radius 2 is 2.16 bits per heavy atom. The van der Waals surface area contributed by atoms with E-state index in [1.807, 2.05) is 0 Å². The van der Waals surface area contributed by atoms with Crippen LogP contribution in [0.3, 0.4) is 0 Å². The molecule has 6 nitrogen and oxygen atoms in total. The highest BCUT2D eigenvalue weighted by molar-refractivity contribution is 5.93. The van der Waals surface area contributed by atoms with Crippen LogP contribution in [0.1, 0.15) is 60.6 Å². The molecular formula is C18H19FN2O4. The molecule has 0 aliphatic heterocycles. The number of aromatic nitrogens is 2. The smallest absolute Gasteiger partial charge is 0.343 e. The van der Waals surface area contributed by atoms with Gasteiger partial charge in [0.1, 0.15) is 17.0 Å². The molecule has 2 aliphatic carbocycles. The summed E-state index contributed by atoms with van der Waals surface area (Å²) >= 11 is 0. The maximum Gasteiger partial charge on any atom is 0.343 e. The van der Waals surface area contributed by atoms with E-state index in [9.17, 15) is 19.1 Å². The number of rotatable bonds is 4. The molecular weight excluding hydrogens is 327 g/mol. The Labute approximate surface area is 143 Å². The van der Waals surface area contributed by atoms with Crippen molar-refractivity contribution in [3.05, 3.63) is 39.6 Å². The molecule has 1 N–H and O–H groups in total. The fraction of sp³-hybridized carbons (Fsp3) is 0.500. The lowest BCUT2D eigenvalue weighted by Crippen LogP contribution is -2.28. The number of hydrogen-bond acceptors (Lipinski definition) is 5. The Kier molecular flexibility index (Phi) is 3.83. The Hall–Kier alpha value is -2.28. The zero-order chi connectivity index (χ0) is 17.7. The molecule has 2 fully saturated rings. The van der Waals surface area contributed by atoms with Gasteiger partial charge >= 0.3 is 5.97 Å². The summed E-state index contributed by atoms with van der Waals surface area (Å²) in [6.07, 6.45) is 3.88. The lowest BCUT2D eigenvalue weighted by atomic mass is 9.79. The van der Waals surface area contributed by atoms with Gasteiger partial charge in [-0.15, -0.1) is 0 Å². The van der Waals surface area contributed by atoms with Gasteiger partial charge in [-0.1, -0.05) is 0 Å². The fourth-order valence-electron chi connectivity index (χ4n) is 3.34. The molecule has 4 rings (SSSR count). The van der Waals surface area contributed by atoms with Crippen LogP contribution in [0, 0.1) is 5.82 Å². The van der Waals surface area contributed by atoms with Crippen LogP contribution in [0.4, 0.5) is 4.39 Å². The maximum atomic E-state index is 14.5. The van der Waals surface area contributed by atoms with Crippen LogP contribution >= 0.6 is 0 Å². The van der Waals surface area contributed by atoms with E-state index >= 15 is 0 Å². The second-order valence-corrected chi connectivity index (χ2v) is 6.78. The summed E-state index contributed by atoms with van der Waals surface area (Å²) in [5, 5.41) is 9.57. The third-order valence-electron chi connectivity index (χ3n) is 4.92. The molecule has 25 heavy (non-hydrogen) atoms. The number of hydrogen-bond donors (Lipinski definition) is 1. The van der Waals surface area contributed by atoms with Crippen LogP contribution in [-0.4, -0.2) is 33.3 Å². The highest BCUT2D eigenvalue weighted by Gasteiger charge is 2.34. The van der Waals surface area contributed by atoms with E-state index in [1.165, 1.54) is 12.3 Å². The first-order chi connectivity index (χ1) is 12.0. The Morgan fingerprint density at radius 3 is 2.76 bits per heavy atom. The number of carbonyl (C=O) groups excluding carboxylic acids is 1. The van der Waals surface area contributed by atoms with Gasteiger partial charge < -0.3 is 14.4 Å². The van der Waals surface area contributed by atoms with Crippen molar-refractivity contribution in [3.8, 4) is 0 Å². The van der Waals surface area contributed by atoms with E-state index in [4.69, 9.17) is 4.74 Å². The van der Waals surface area contributed by atoms with Gasteiger partial charge in [0.2, 0.25) is 5.43 Å². The van der Waals surface area contributed by atoms with E-state index in [0.717, 1.165) is 12.8 Å². The third-order valence-corrected chi connectivity index (χ3v) is 4.92. The van der Waals surface area contributed by atoms with E-state index in [1.54, 1.807) is 11.5 Å². The van der Waals surface area contributed by atoms with Crippen molar-refractivity contribution in [2.75, 3.05) is 6.61 Å². The molecule has 0 amide bonds. The summed E-state index contributed by atoms with van der Waals surface area (Å²) in [7, 11) is 0. The van der Waals surface area contributed by atoms with Crippen molar-refractivity contribution in [2.45, 2.75) is 50.7 Å². The summed E-state index contributed by atoms with van der Waals surface area (Å²) in [6, 6.07) is 1.33. The molecule has 0 saturated heterocycles. The van der Waals surface area contributed by atoms with Crippen LogP contribution in [0.15, 0.2) is 17.1 Å². The first-order valence-electron chi connectivity index (χ1n) is 8.60. The number of aliphatic hydroxyl groups is 1. The number of nitrogens with zero attached hydrogens (tertiary/aromatic N) is 2. The molecule has 2 aromatic heterocycles. The zero-order valence-electron chi connectivity index (χ0n) is 13.9. The van der Waals surface area contributed by atoms with Gasteiger partial charge in [-0.2, -0.15) is 0 Å². The first-order valence-corrected chi connectivity index (χ1v) is 8.60. The number of ether oxygens (including phenoxy) is 1. The topological polar surface area (TPSA) is 81.4 Å². The second kappa shape index (κ2) is 5.91. The number of halogens is 1. The quantitative estimate of drug-likeness (QED) is 0.859. The molecule has 0 spiro atoms. The minimum absolute atomic E-state index is 0.0886. The van der Waals surface area contributed by atoms with Gasteiger partial charge in [-0.05, 0) is 38.7 Å². The molecule has 0 atom stereocenters. The van der Waals surface area contributed by atoms with E-state index in [-0.39, 0.29) is 35.2 Å². The fourth-order valence-corrected chi connectivity index (χ4v) is 3.34. The second-order valence-electron chi connectivity index (χ2n) is 6.78. The average molecular weight is 346 g/mol. The van der Waals surface area contributed by atoms with Crippen molar-refractivity contribution >= 4 is 17.0 Å². The van der Waals surface area contributed by atoms with Crippen molar-refractivity contribution in [1.29, 1.82) is 0 Å². The van der Waals surface area contributed by atoms with Crippen molar-refractivity contribution in [2.24, 2.45) is 0 Å². The van der Waals surface area contributed by atoms with Crippen LogP contribution in [0.2, 0.25) is 0 Å². The highest BCUT2D eigenvalue weighted by Crippen LogP contribution is 2.40. The summed E-state index contributed by atoms with van der Waals surface area (Å²) in [5.74, 6) is -1.40. The monoisotopic (exact) mass is 346 g/mol. The SMILES string of the molecule is CCOC(=O)c1cn(C2CC2)c2nc(C3CC(O)C3)c(F)cc2c1=O. The number of aliphatic hydroxyl groups excluding tert-OH is 1. The van der Waals surface area contributed by atoms with Crippen LogP contribution < -0.4 is 5.43 Å². The van der Waals surface area contributed by atoms with Gasteiger partial charge in [0.05, 0.1) is 23.8 Å². The van der Waals surface area contributed by atoms with Crippen LogP contribution in [0.5, 0.6) is 0 Å². The molecule has 0 radical (unpaired) electrons. The van der Waals surface area contributed by atoms with E-state index in [0.29, 0.717) is 18.5 Å². The Balaban J connectivity index is 1.90. The minimum Gasteiger partial charge on any atom is -0.462 e. The minimum atomic E-state index is -0.699. The Morgan fingerprint density at radius 1 is 1.44 bits per heavy atom. The summed E-state index contributed by atoms with van der Waals surface area (Å²) < 4.78 is 21.3. The number of esters is 1. The predicted molar refractivity (Wildman–Crippen MR) is 88.2 cm³/mol. The summed E-state index contributed by atoms with van der Waals surface area (Å²) in [6.45, 7) is 1.83. The first kappa shape index (κ1) is 16.2. The Bertz CT molecular complexity index is 913. The van der Waals surface area contributed by atoms with Crippen molar-refractivity contribution < 1.29 is 19.0 Å². The number of carbonyl (C=O) groups is 1. The predicted octanol–water partition coefficient (Wildman–Crippen LogP) is 2.29. The molecule has 132 valence electrons. The lowest BCUT2D eigenvalue weighted by Gasteiger charge is -2.31. The summed E-state index contributed by atoms with van der Waals surface area (Å²) in [4.78, 5) is 29.2. The van der Waals surface area contributed by atoms with Crippen LogP contribution in [-0.2, 0) is 4.74 Å². The van der Waals surface area contributed by atoms with Gasteiger partial charge in [-0.3, -0.25) is 4.79 Å². The number of pyridine rings is 2.